The fourth-order valence-electron chi connectivity index (χ4n) is 2.49. The van der Waals surface area contributed by atoms with Crippen LogP contribution in [0.3, 0.4) is 0 Å². The van der Waals surface area contributed by atoms with Crippen molar-refractivity contribution in [3.8, 4) is 17.5 Å². The van der Waals surface area contributed by atoms with E-state index in [2.05, 4.69) is 20.8 Å². The number of nitrogens with one attached hydrogen (secondary N) is 1. The number of hydrogen-bond acceptors (Lipinski definition) is 7. The van der Waals surface area contributed by atoms with Gasteiger partial charge in [0.2, 0.25) is 11.1 Å². The number of nitrogens with zero attached hydrogens (tertiary/aromatic N) is 5. The van der Waals surface area contributed by atoms with Crippen LogP contribution in [-0.4, -0.2) is 38.5 Å². The Morgan fingerprint density at radius 2 is 2.14 bits per heavy atom. The maximum absolute atomic E-state index is 12.5. The lowest BCUT2D eigenvalue weighted by Crippen LogP contribution is -2.23. The molecule has 1 atom stereocenters. The zero-order chi connectivity index (χ0) is 20.1. The smallest absolute Gasteiger partial charge is 0.237 e. The standard InChI is InChI=1S/C19H18N6O2S/c1-12-7-8-17(27-3)16(9-12)25-19(22-23-24-25)28-13(2)18(26)21-15-6-4-5-14(10-15)11-20/h4-10,13H,1-3H3,(H,21,26)/t13-/m0/s1. The number of nitriles is 1. The van der Waals surface area contributed by atoms with E-state index >= 15 is 0 Å². The van der Waals surface area contributed by atoms with E-state index in [4.69, 9.17) is 10.00 Å². The monoisotopic (exact) mass is 394 g/mol. The summed E-state index contributed by atoms with van der Waals surface area (Å²) in [6, 6.07) is 14.5. The third kappa shape index (κ3) is 4.29. The highest BCUT2D eigenvalue weighted by Crippen LogP contribution is 2.29. The van der Waals surface area contributed by atoms with E-state index < -0.39 is 5.25 Å². The molecular weight excluding hydrogens is 376 g/mol. The number of thioether (sulfide) groups is 1. The maximum atomic E-state index is 12.5. The van der Waals surface area contributed by atoms with Crippen molar-refractivity contribution in [3.63, 3.8) is 0 Å². The van der Waals surface area contributed by atoms with Crippen LogP contribution in [0.5, 0.6) is 5.75 Å². The van der Waals surface area contributed by atoms with E-state index in [1.54, 1.807) is 43.0 Å². The van der Waals surface area contributed by atoms with Crippen LogP contribution >= 0.6 is 11.8 Å². The first-order valence-electron chi connectivity index (χ1n) is 8.43. The van der Waals surface area contributed by atoms with Crippen LogP contribution in [0.15, 0.2) is 47.6 Å². The molecule has 28 heavy (non-hydrogen) atoms. The molecule has 0 aliphatic rings. The van der Waals surface area contributed by atoms with Gasteiger partial charge in [0.1, 0.15) is 11.4 Å². The van der Waals surface area contributed by atoms with E-state index in [9.17, 15) is 4.79 Å². The Balaban J connectivity index is 1.78. The minimum Gasteiger partial charge on any atom is -0.494 e. The van der Waals surface area contributed by atoms with Gasteiger partial charge in [-0.1, -0.05) is 23.9 Å². The van der Waals surface area contributed by atoms with Gasteiger partial charge in [-0.25, -0.2) is 0 Å². The van der Waals surface area contributed by atoms with Crippen LogP contribution in [0.2, 0.25) is 0 Å². The molecule has 0 aliphatic carbocycles. The second kappa shape index (κ2) is 8.54. The molecule has 1 heterocycles. The number of tetrazole rings is 1. The number of carbonyl (C=O) groups excluding carboxylic acids is 1. The maximum Gasteiger partial charge on any atom is 0.237 e. The van der Waals surface area contributed by atoms with Crippen molar-refractivity contribution in [2.75, 3.05) is 12.4 Å². The van der Waals surface area contributed by atoms with Crippen molar-refractivity contribution in [1.82, 2.24) is 20.2 Å². The number of hydrogen-bond donors (Lipinski definition) is 1. The lowest BCUT2D eigenvalue weighted by Gasteiger charge is -2.13. The zero-order valence-electron chi connectivity index (χ0n) is 15.6. The molecule has 0 bridgehead atoms. The molecule has 1 aromatic heterocycles. The average molecular weight is 394 g/mol. The fraction of sp³-hybridized carbons (Fsp3) is 0.211. The van der Waals surface area contributed by atoms with Crippen molar-refractivity contribution >= 4 is 23.4 Å². The number of benzene rings is 2. The van der Waals surface area contributed by atoms with Crippen molar-refractivity contribution in [3.05, 3.63) is 53.6 Å². The van der Waals surface area contributed by atoms with Gasteiger partial charge in [0.25, 0.3) is 0 Å². The summed E-state index contributed by atoms with van der Waals surface area (Å²) >= 11 is 1.23. The van der Waals surface area contributed by atoms with Crippen LogP contribution in [0.25, 0.3) is 5.69 Å². The van der Waals surface area contributed by atoms with Gasteiger partial charge in [-0.2, -0.15) is 9.94 Å². The summed E-state index contributed by atoms with van der Waals surface area (Å²) in [5.74, 6) is 0.413. The van der Waals surface area contributed by atoms with Gasteiger partial charge in [0.15, 0.2) is 0 Å². The first kappa shape index (κ1) is 19.4. The number of ether oxygens (including phenoxy) is 1. The minimum absolute atomic E-state index is 0.217. The van der Waals surface area contributed by atoms with Crippen LogP contribution < -0.4 is 10.1 Å². The van der Waals surface area contributed by atoms with Crippen LogP contribution in [0.1, 0.15) is 18.1 Å². The van der Waals surface area contributed by atoms with Crippen molar-refractivity contribution in [2.45, 2.75) is 24.3 Å². The Bertz CT molecular complexity index is 1040. The lowest BCUT2D eigenvalue weighted by atomic mass is 10.2. The highest BCUT2D eigenvalue weighted by Gasteiger charge is 2.21. The predicted molar refractivity (Wildman–Crippen MR) is 106 cm³/mol. The molecule has 142 valence electrons. The topological polar surface area (TPSA) is 106 Å². The SMILES string of the molecule is COc1ccc(C)cc1-n1nnnc1S[C@@H](C)C(=O)Nc1cccc(C#N)c1. The molecule has 9 heteroatoms. The highest BCUT2D eigenvalue weighted by molar-refractivity contribution is 8.00. The van der Waals surface area contributed by atoms with E-state index in [1.807, 2.05) is 31.2 Å². The summed E-state index contributed by atoms with van der Waals surface area (Å²) in [6.07, 6.45) is 0. The molecule has 0 aliphatic heterocycles. The van der Waals surface area contributed by atoms with Gasteiger partial charge in [-0.05, 0) is 60.2 Å². The van der Waals surface area contributed by atoms with Gasteiger partial charge in [0, 0.05) is 5.69 Å². The summed E-state index contributed by atoms with van der Waals surface area (Å²) < 4.78 is 6.95. The molecule has 3 aromatic rings. The highest BCUT2D eigenvalue weighted by atomic mass is 32.2. The number of methoxy groups -OCH3 is 1. The molecule has 0 radical (unpaired) electrons. The number of carbonyl (C=O) groups is 1. The fourth-order valence-corrected chi connectivity index (χ4v) is 3.29. The summed E-state index contributed by atoms with van der Waals surface area (Å²) in [6.45, 7) is 3.73. The molecule has 0 fully saturated rings. The third-order valence-corrected chi connectivity index (χ3v) is 4.95. The summed E-state index contributed by atoms with van der Waals surface area (Å²) in [5, 5.41) is 23.6. The van der Waals surface area contributed by atoms with E-state index in [0.717, 1.165) is 5.56 Å². The summed E-state index contributed by atoms with van der Waals surface area (Å²) in [5.41, 5.74) is 2.78. The molecule has 0 unspecified atom stereocenters. The second-order valence-electron chi connectivity index (χ2n) is 5.99. The molecule has 0 spiro atoms. The summed E-state index contributed by atoms with van der Waals surface area (Å²) in [4.78, 5) is 12.5. The number of rotatable bonds is 6. The molecule has 2 aromatic carbocycles. The Kier molecular flexibility index (Phi) is 5.91. The molecule has 0 saturated carbocycles. The van der Waals surface area contributed by atoms with Crippen molar-refractivity contribution in [1.29, 1.82) is 5.26 Å². The molecule has 1 N–H and O–H groups in total. The van der Waals surface area contributed by atoms with Crippen LogP contribution in [-0.2, 0) is 4.79 Å². The number of aromatic nitrogens is 4. The Hall–Kier alpha value is -3.38. The van der Waals surface area contributed by atoms with Crippen molar-refractivity contribution in [2.24, 2.45) is 0 Å². The third-order valence-electron chi connectivity index (χ3n) is 3.91. The number of aryl methyl sites for hydroxylation is 1. The molecule has 0 saturated heterocycles. The minimum atomic E-state index is -0.466. The average Bonchev–Trinajstić information content (AvgIpc) is 3.15. The first-order chi connectivity index (χ1) is 13.5. The van der Waals surface area contributed by atoms with Gasteiger partial charge in [0.05, 0.1) is 24.0 Å². The normalized spacial score (nSPS) is 11.5. The molecule has 8 nitrogen and oxygen atoms in total. The second-order valence-corrected chi connectivity index (χ2v) is 7.30. The van der Waals surface area contributed by atoms with Crippen molar-refractivity contribution < 1.29 is 9.53 Å². The number of amides is 1. The van der Waals surface area contributed by atoms with Gasteiger partial charge in [-0.15, -0.1) is 5.10 Å². The lowest BCUT2D eigenvalue weighted by molar-refractivity contribution is -0.115. The summed E-state index contributed by atoms with van der Waals surface area (Å²) in [7, 11) is 1.58. The van der Waals surface area contributed by atoms with Gasteiger partial charge >= 0.3 is 0 Å². The zero-order valence-corrected chi connectivity index (χ0v) is 16.4. The Labute approximate surface area is 166 Å². The largest absolute Gasteiger partial charge is 0.494 e. The van der Waals surface area contributed by atoms with Crippen LogP contribution in [0.4, 0.5) is 5.69 Å². The quantitative estimate of drug-likeness (QED) is 0.641. The Morgan fingerprint density at radius 1 is 1.32 bits per heavy atom. The molecule has 3 rings (SSSR count). The van der Waals surface area contributed by atoms with E-state index in [-0.39, 0.29) is 5.91 Å². The molecular formula is C19H18N6O2S. The van der Waals surface area contributed by atoms with Crippen LogP contribution in [0, 0.1) is 18.3 Å². The van der Waals surface area contributed by atoms with Gasteiger partial charge in [-0.3, -0.25) is 4.79 Å². The van der Waals surface area contributed by atoms with E-state index in [1.165, 1.54) is 11.8 Å². The molecule has 1 amide bonds. The predicted octanol–water partition coefficient (Wildman–Crippen LogP) is 2.97. The first-order valence-corrected chi connectivity index (χ1v) is 9.31. The number of anilines is 1. The van der Waals surface area contributed by atoms with E-state index in [0.29, 0.717) is 27.8 Å². The van der Waals surface area contributed by atoms with Gasteiger partial charge < -0.3 is 10.1 Å². The Morgan fingerprint density at radius 3 is 2.89 bits per heavy atom.